The highest BCUT2D eigenvalue weighted by Crippen LogP contribution is 2.28. The monoisotopic (exact) mass is 292 g/mol. The molecule has 0 atom stereocenters. The van der Waals surface area contributed by atoms with Gasteiger partial charge in [0, 0.05) is 24.8 Å². The summed E-state index contributed by atoms with van der Waals surface area (Å²) < 4.78 is 19.3. The van der Waals surface area contributed by atoms with Crippen molar-refractivity contribution in [2.45, 2.75) is 25.4 Å². The van der Waals surface area contributed by atoms with Crippen molar-refractivity contribution < 1.29 is 9.13 Å². The van der Waals surface area contributed by atoms with Crippen LogP contribution in [0.2, 0.25) is 5.02 Å². The van der Waals surface area contributed by atoms with E-state index in [0.717, 1.165) is 5.69 Å². The van der Waals surface area contributed by atoms with Crippen molar-refractivity contribution in [2.75, 3.05) is 0 Å². The maximum Gasteiger partial charge on any atom is 0.184 e. The number of rotatable bonds is 5. The predicted molar refractivity (Wildman–Crippen MR) is 75.6 cm³/mol. The highest BCUT2D eigenvalue weighted by molar-refractivity contribution is 6.30. The number of pyridine rings is 1. The van der Waals surface area contributed by atoms with Gasteiger partial charge in [-0.1, -0.05) is 17.7 Å². The molecule has 1 saturated carbocycles. The third-order valence-electron chi connectivity index (χ3n) is 3.08. The van der Waals surface area contributed by atoms with Gasteiger partial charge in [-0.3, -0.25) is 4.98 Å². The molecule has 0 radical (unpaired) electrons. The SMILES string of the molecule is Fc1c(Cl)cccc1Oc1ccnc(CNC2CC2)c1. The van der Waals surface area contributed by atoms with Gasteiger partial charge < -0.3 is 10.1 Å². The molecule has 1 N–H and O–H groups in total. The van der Waals surface area contributed by atoms with Crippen LogP contribution < -0.4 is 10.1 Å². The van der Waals surface area contributed by atoms with Crippen LogP contribution in [-0.4, -0.2) is 11.0 Å². The van der Waals surface area contributed by atoms with Crippen molar-refractivity contribution in [3.05, 3.63) is 53.1 Å². The second-order valence-electron chi connectivity index (χ2n) is 4.79. The minimum atomic E-state index is -0.552. The highest BCUT2D eigenvalue weighted by Gasteiger charge is 2.20. The summed E-state index contributed by atoms with van der Waals surface area (Å²) in [7, 11) is 0. The summed E-state index contributed by atoms with van der Waals surface area (Å²) in [5, 5.41) is 3.42. The molecule has 0 unspecified atom stereocenters. The Bertz CT molecular complexity index is 617. The maximum absolute atomic E-state index is 13.8. The molecule has 0 aliphatic heterocycles. The van der Waals surface area contributed by atoms with Crippen molar-refractivity contribution in [3.8, 4) is 11.5 Å². The van der Waals surface area contributed by atoms with Crippen LogP contribution in [0.25, 0.3) is 0 Å². The number of hydrogen-bond donors (Lipinski definition) is 1. The minimum Gasteiger partial charge on any atom is -0.454 e. The molecule has 5 heteroatoms. The van der Waals surface area contributed by atoms with Gasteiger partial charge in [0.05, 0.1) is 10.7 Å². The Morgan fingerprint density at radius 3 is 3.00 bits per heavy atom. The van der Waals surface area contributed by atoms with E-state index >= 15 is 0 Å². The molecule has 2 aromatic rings. The Morgan fingerprint density at radius 1 is 1.35 bits per heavy atom. The summed E-state index contributed by atoms with van der Waals surface area (Å²) in [5.74, 6) is 0.113. The lowest BCUT2D eigenvalue weighted by Crippen LogP contribution is -2.16. The zero-order valence-electron chi connectivity index (χ0n) is 10.8. The van der Waals surface area contributed by atoms with E-state index in [1.807, 2.05) is 0 Å². The van der Waals surface area contributed by atoms with Gasteiger partial charge in [-0.25, -0.2) is 4.39 Å². The molecule has 1 aliphatic rings. The molecular formula is C15H14ClFN2O. The Balaban J connectivity index is 1.72. The van der Waals surface area contributed by atoms with Gasteiger partial charge in [0.1, 0.15) is 5.75 Å². The second kappa shape index (κ2) is 5.77. The molecule has 104 valence electrons. The molecule has 0 amide bonds. The van der Waals surface area contributed by atoms with Crippen LogP contribution in [0.1, 0.15) is 18.5 Å². The average Bonchev–Trinajstić information content (AvgIpc) is 3.26. The van der Waals surface area contributed by atoms with Crippen LogP contribution in [0.5, 0.6) is 11.5 Å². The number of aromatic nitrogens is 1. The Labute approximate surface area is 121 Å². The lowest BCUT2D eigenvalue weighted by molar-refractivity contribution is 0.441. The summed E-state index contributed by atoms with van der Waals surface area (Å²) in [4.78, 5) is 4.26. The van der Waals surface area contributed by atoms with E-state index in [2.05, 4.69) is 10.3 Å². The highest BCUT2D eigenvalue weighted by atomic mass is 35.5. The molecule has 3 rings (SSSR count). The van der Waals surface area contributed by atoms with Gasteiger partial charge in [0.2, 0.25) is 0 Å². The third kappa shape index (κ3) is 3.26. The van der Waals surface area contributed by atoms with Gasteiger partial charge in [-0.2, -0.15) is 0 Å². The van der Waals surface area contributed by atoms with Crippen molar-refractivity contribution >= 4 is 11.6 Å². The fourth-order valence-electron chi connectivity index (χ4n) is 1.84. The Kier molecular flexibility index (Phi) is 3.85. The molecule has 1 aliphatic carbocycles. The standard InChI is InChI=1S/C15H14ClFN2O/c16-13-2-1-3-14(15(13)17)20-12-6-7-18-11(8-12)9-19-10-4-5-10/h1-3,6-8,10,19H,4-5,9H2. The molecule has 0 bridgehead atoms. The van der Waals surface area contributed by atoms with E-state index in [1.54, 1.807) is 30.5 Å². The number of benzene rings is 1. The summed E-state index contributed by atoms with van der Waals surface area (Å²) in [6.45, 7) is 0.694. The van der Waals surface area contributed by atoms with E-state index in [4.69, 9.17) is 16.3 Å². The minimum absolute atomic E-state index is 0.0483. The van der Waals surface area contributed by atoms with E-state index < -0.39 is 5.82 Å². The second-order valence-corrected chi connectivity index (χ2v) is 5.20. The van der Waals surface area contributed by atoms with Crippen molar-refractivity contribution in [2.24, 2.45) is 0 Å². The topological polar surface area (TPSA) is 34.1 Å². The zero-order chi connectivity index (χ0) is 13.9. The normalized spacial score (nSPS) is 14.3. The molecule has 20 heavy (non-hydrogen) atoms. The van der Waals surface area contributed by atoms with Crippen molar-refractivity contribution in [3.63, 3.8) is 0 Å². The lowest BCUT2D eigenvalue weighted by Gasteiger charge is -2.09. The summed E-state index contributed by atoms with van der Waals surface area (Å²) in [5.41, 5.74) is 0.872. The van der Waals surface area contributed by atoms with Crippen LogP contribution in [0, 0.1) is 5.82 Å². The number of hydrogen-bond acceptors (Lipinski definition) is 3. The van der Waals surface area contributed by atoms with Gasteiger partial charge >= 0.3 is 0 Å². The van der Waals surface area contributed by atoms with E-state index in [-0.39, 0.29) is 10.8 Å². The first-order valence-corrected chi connectivity index (χ1v) is 6.90. The Morgan fingerprint density at radius 2 is 2.20 bits per heavy atom. The first kappa shape index (κ1) is 13.3. The van der Waals surface area contributed by atoms with Crippen LogP contribution in [0.15, 0.2) is 36.5 Å². The van der Waals surface area contributed by atoms with E-state index in [1.165, 1.54) is 18.9 Å². The molecule has 0 spiro atoms. The summed E-state index contributed by atoms with van der Waals surface area (Å²) >= 11 is 5.73. The molecule has 1 aromatic carbocycles. The molecule has 1 fully saturated rings. The zero-order valence-corrected chi connectivity index (χ0v) is 11.5. The fraction of sp³-hybridized carbons (Fsp3) is 0.267. The van der Waals surface area contributed by atoms with E-state index in [0.29, 0.717) is 18.3 Å². The number of nitrogens with zero attached hydrogens (tertiary/aromatic N) is 1. The van der Waals surface area contributed by atoms with Crippen LogP contribution in [0.3, 0.4) is 0 Å². The summed E-state index contributed by atoms with van der Waals surface area (Å²) in [6.07, 6.45) is 4.11. The van der Waals surface area contributed by atoms with Gasteiger partial charge in [-0.15, -0.1) is 0 Å². The lowest BCUT2D eigenvalue weighted by atomic mass is 10.3. The third-order valence-corrected chi connectivity index (χ3v) is 3.37. The maximum atomic E-state index is 13.8. The Hall–Kier alpha value is -1.65. The first-order valence-electron chi connectivity index (χ1n) is 6.52. The van der Waals surface area contributed by atoms with E-state index in [9.17, 15) is 4.39 Å². The first-order chi connectivity index (χ1) is 9.72. The smallest absolute Gasteiger partial charge is 0.184 e. The molecular weight excluding hydrogens is 279 g/mol. The van der Waals surface area contributed by atoms with Crippen LogP contribution >= 0.6 is 11.6 Å². The molecule has 3 nitrogen and oxygen atoms in total. The number of nitrogens with one attached hydrogen (secondary N) is 1. The predicted octanol–water partition coefficient (Wildman–Crippen LogP) is 3.92. The molecule has 1 heterocycles. The van der Waals surface area contributed by atoms with Gasteiger partial charge in [0.25, 0.3) is 0 Å². The van der Waals surface area contributed by atoms with Crippen LogP contribution in [-0.2, 0) is 6.54 Å². The summed E-state index contributed by atoms with van der Waals surface area (Å²) in [6, 6.07) is 8.80. The largest absolute Gasteiger partial charge is 0.454 e. The number of halogens is 2. The average molecular weight is 293 g/mol. The molecule has 0 saturated heterocycles. The van der Waals surface area contributed by atoms with Crippen molar-refractivity contribution in [1.82, 2.24) is 10.3 Å². The quantitative estimate of drug-likeness (QED) is 0.907. The number of ether oxygens (including phenoxy) is 1. The van der Waals surface area contributed by atoms with Crippen molar-refractivity contribution in [1.29, 1.82) is 0 Å². The van der Waals surface area contributed by atoms with Gasteiger partial charge in [0.15, 0.2) is 11.6 Å². The molecule has 1 aromatic heterocycles. The van der Waals surface area contributed by atoms with Crippen LogP contribution in [0.4, 0.5) is 4.39 Å². The van der Waals surface area contributed by atoms with Gasteiger partial charge in [-0.05, 0) is 31.0 Å². The fourth-order valence-corrected chi connectivity index (χ4v) is 2.01.